The molecule has 0 heterocycles. The molecule has 0 saturated carbocycles. The molecule has 46 valence electrons. The molecule has 0 fully saturated rings. The van der Waals surface area contributed by atoms with E-state index in [4.69, 9.17) is 15.9 Å². The monoisotopic (exact) mass is 254 g/mol. The summed E-state index contributed by atoms with van der Waals surface area (Å²) in [6, 6.07) is 0. The fourth-order valence-electron chi connectivity index (χ4n) is 0. The summed E-state index contributed by atoms with van der Waals surface area (Å²) in [6.45, 7) is 0. The maximum absolute atomic E-state index is 8.59. The van der Waals surface area contributed by atoms with Gasteiger partial charge >= 0.3 is 46.6 Å². The Morgan fingerprint density at radius 3 is 1.14 bits per heavy atom. The summed E-state index contributed by atoms with van der Waals surface area (Å²) in [6.07, 6.45) is 0. The fourth-order valence-corrected chi connectivity index (χ4v) is 0. The van der Waals surface area contributed by atoms with E-state index in [2.05, 4.69) is 0 Å². The van der Waals surface area contributed by atoms with Crippen molar-refractivity contribution in [2.24, 2.45) is 0 Å². The van der Waals surface area contributed by atoms with Crippen molar-refractivity contribution >= 4 is 18.0 Å². The molecule has 0 spiro atoms. The topological polar surface area (TPSA) is 80.3 Å². The Labute approximate surface area is 64.5 Å². The summed E-state index contributed by atoms with van der Waals surface area (Å²) in [5.41, 5.74) is 0. The molecule has 0 atom stereocenters. The van der Waals surface area contributed by atoms with E-state index in [1.807, 2.05) is 0 Å². The first-order chi connectivity index (χ1) is 2.00. The van der Waals surface area contributed by atoms with Crippen LogP contribution in [0.4, 0.5) is 0 Å². The molecular formula is AsCrCuO4. The predicted octanol–water partition coefficient (Wildman–Crippen LogP) is -3.00. The molecule has 0 aromatic carbocycles. The third kappa shape index (κ3) is 147. The molecule has 7 heteroatoms. The van der Waals surface area contributed by atoms with Crippen LogP contribution in [0.5, 0.6) is 0 Å². The average Bonchev–Trinajstić information content (AvgIpc) is 0.722. The van der Waals surface area contributed by atoms with Crippen LogP contribution < -0.4 is 8.32 Å². The van der Waals surface area contributed by atoms with Crippen LogP contribution in [0.25, 0.3) is 0 Å². The third-order valence-electron chi connectivity index (χ3n) is 0. The molecule has 0 aliphatic carbocycles. The normalized spacial score (nSPS) is 8.29. The molecule has 4 radical (unpaired) electrons. The van der Waals surface area contributed by atoms with Crippen LogP contribution in [0.2, 0.25) is 0 Å². The zero-order valence-electron chi connectivity index (χ0n) is 2.79. The van der Waals surface area contributed by atoms with E-state index in [1.54, 1.807) is 0 Å². The van der Waals surface area contributed by atoms with Crippen LogP contribution in [-0.4, -0.2) is 18.0 Å². The SMILES string of the molecule is [As].[Cu+2].[O]=[Cr](=[O])([O-])[O-]. The Kier molecular flexibility index (Phi) is 11.8. The molecule has 0 aromatic rings. The molecule has 0 rings (SSSR count). The van der Waals surface area contributed by atoms with Gasteiger partial charge in [-0.05, 0) is 0 Å². The van der Waals surface area contributed by atoms with Crippen LogP contribution in [-0.2, 0) is 38.3 Å². The second kappa shape index (κ2) is 5.27. The van der Waals surface area contributed by atoms with Crippen molar-refractivity contribution in [2.45, 2.75) is 0 Å². The Bertz CT molecular complexity index is 94.9. The van der Waals surface area contributed by atoms with Gasteiger partial charge in [0.25, 0.3) is 0 Å². The van der Waals surface area contributed by atoms with E-state index in [0.29, 0.717) is 0 Å². The van der Waals surface area contributed by atoms with Crippen LogP contribution in [0.1, 0.15) is 0 Å². The van der Waals surface area contributed by atoms with Crippen LogP contribution in [0.15, 0.2) is 0 Å². The van der Waals surface area contributed by atoms with E-state index in [-0.39, 0.29) is 35.0 Å². The first-order valence-corrected chi connectivity index (χ1v) is 2.75. The van der Waals surface area contributed by atoms with Gasteiger partial charge in [0.2, 0.25) is 0 Å². The standard InChI is InChI=1S/As.Cr.Cu.4O/q;;+2;;;2*-1. The molecule has 0 saturated heterocycles. The minimum atomic E-state index is -5.75. The Hall–Kier alpha value is 1.13. The summed E-state index contributed by atoms with van der Waals surface area (Å²) < 4.78 is 34.4. The van der Waals surface area contributed by atoms with E-state index in [0.717, 1.165) is 0 Å². The maximum atomic E-state index is 8.59. The van der Waals surface area contributed by atoms with E-state index in [9.17, 15) is 0 Å². The van der Waals surface area contributed by atoms with Gasteiger partial charge in [-0.3, -0.25) is 0 Å². The van der Waals surface area contributed by atoms with E-state index < -0.39 is 13.6 Å². The predicted molar refractivity (Wildman–Crippen MR) is 7.13 cm³/mol. The first-order valence-electron chi connectivity index (χ1n) is 0.667. The van der Waals surface area contributed by atoms with Crippen molar-refractivity contribution < 1.29 is 46.6 Å². The van der Waals surface area contributed by atoms with Crippen molar-refractivity contribution in [1.29, 1.82) is 0 Å². The van der Waals surface area contributed by atoms with Gasteiger partial charge in [0.15, 0.2) is 0 Å². The van der Waals surface area contributed by atoms with Crippen LogP contribution in [0.3, 0.4) is 0 Å². The second-order valence-corrected chi connectivity index (χ2v) is 1.68. The molecule has 0 aliphatic heterocycles. The molecule has 0 unspecified atom stereocenters. The summed E-state index contributed by atoms with van der Waals surface area (Å²) >= 11 is -5.75. The summed E-state index contributed by atoms with van der Waals surface area (Å²) in [7, 11) is 0. The van der Waals surface area contributed by atoms with Crippen molar-refractivity contribution in [3.05, 3.63) is 0 Å². The van der Waals surface area contributed by atoms with Gasteiger partial charge < -0.3 is 0 Å². The zero-order valence-corrected chi connectivity index (χ0v) is 6.88. The van der Waals surface area contributed by atoms with Gasteiger partial charge in [-0.2, -0.15) is 0 Å². The third-order valence-corrected chi connectivity index (χ3v) is 0. The van der Waals surface area contributed by atoms with Gasteiger partial charge in [0, 0.05) is 18.0 Å². The molecule has 0 N–H and O–H groups in total. The van der Waals surface area contributed by atoms with Crippen LogP contribution >= 0.6 is 0 Å². The zero-order chi connectivity index (χ0) is 4.50. The van der Waals surface area contributed by atoms with Crippen molar-refractivity contribution in [1.82, 2.24) is 0 Å². The average molecular weight is 254 g/mol. The second-order valence-electron chi connectivity index (χ2n) is 0.408. The quantitative estimate of drug-likeness (QED) is 0.432. The number of rotatable bonds is 0. The van der Waals surface area contributed by atoms with Crippen molar-refractivity contribution in [2.75, 3.05) is 0 Å². The van der Waals surface area contributed by atoms with Crippen molar-refractivity contribution in [3.8, 4) is 0 Å². The molecule has 0 amide bonds. The van der Waals surface area contributed by atoms with Gasteiger partial charge in [-0.1, -0.05) is 0 Å². The molecular weight excluding hydrogens is 254 g/mol. The van der Waals surface area contributed by atoms with Gasteiger partial charge in [-0.15, -0.1) is 0 Å². The number of hydrogen-bond acceptors (Lipinski definition) is 4. The molecule has 7 heavy (non-hydrogen) atoms. The van der Waals surface area contributed by atoms with Crippen LogP contribution in [0, 0.1) is 0 Å². The molecule has 0 aliphatic rings. The Morgan fingerprint density at radius 1 is 1.14 bits per heavy atom. The fraction of sp³-hybridized carbons (Fsp3) is 0. The van der Waals surface area contributed by atoms with Gasteiger partial charge in [0.1, 0.15) is 0 Å². The van der Waals surface area contributed by atoms with E-state index in [1.165, 1.54) is 0 Å². The van der Waals surface area contributed by atoms with E-state index >= 15 is 0 Å². The summed E-state index contributed by atoms with van der Waals surface area (Å²) in [5, 5.41) is 0. The van der Waals surface area contributed by atoms with Gasteiger partial charge in [-0.25, -0.2) is 0 Å². The molecule has 4 nitrogen and oxygen atoms in total. The van der Waals surface area contributed by atoms with Crippen molar-refractivity contribution in [3.63, 3.8) is 0 Å². The first kappa shape index (κ1) is 15.7. The van der Waals surface area contributed by atoms with Gasteiger partial charge in [0.05, 0.1) is 0 Å². The Balaban J connectivity index is -0.0000000800. The number of hydrogen-bond donors (Lipinski definition) is 0. The summed E-state index contributed by atoms with van der Waals surface area (Å²) in [4.78, 5) is 0. The Morgan fingerprint density at radius 2 is 1.14 bits per heavy atom. The minimum absolute atomic E-state index is 0. The molecule has 0 bridgehead atoms. The molecule has 0 aromatic heterocycles. The summed E-state index contributed by atoms with van der Waals surface area (Å²) in [5.74, 6) is 0.